The van der Waals surface area contributed by atoms with E-state index in [4.69, 9.17) is 0 Å². The van der Waals surface area contributed by atoms with Crippen molar-refractivity contribution in [2.45, 2.75) is 117 Å². The molecule has 0 aliphatic rings. The molecule has 1 N–H and O–H groups in total. The minimum absolute atomic E-state index is 0.797. The second-order valence-electron chi connectivity index (χ2n) is 6.41. The summed E-state index contributed by atoms with van der Waals surface area (Å²) in [6, 6.07) is 0.797. The lowest BCUT2D eigenvalue weighted by Gasteiger charge is -2.19. The standard InChI is InChI=1S/C19H41N/c1-4-7-10-12-14-17-19(16-13-11-8-5-2)20-18-15-9-6-3/h19-20H,4-18H2,1-3H3. The molecule has 1 heteroatoms. The van der Waals surface area contributed by atoms with Crippen LogP contribution in [0.3, 0.4) is 0 Å². The zero-order chi connectivity index (χ0) is 14.9. The molecule has 1 atom stereocenters. The van der Waals surface area contributed by atoms with Crippen molar-refractivity contribution in [3.8, 4) is 0 Å². The molecule has 1 unspecified atom stereocenters. The number of unbranched alkanes of at least 4 members (excludes halogenated alkanes) is 9. The minimum atomic E-state index is 0.797. The summed E-state index contributed by atoms with van der Waals surface area (Å²) in [5.74, 6) is 0. The summed E-state index contributed by atoms with van der Waals surface area (Å²) in [6.45, 7) is 8.12. The van der Waals surface area contributed by atoms with E-state index < -0.39 is 0 Å². The van der Waals surface area contributed by atoms with Crippen molar-refractivity contribution in [2.24, 2.45) is 0 Å². The minimum Gasteiger partial charge on any atom is -0.314 e. The SMILES string of the molecule is CCCCCCCC(CCCCCC)NCCCCC. The van der Waals surface area contributed by atoms with Gasteiger partial charge in [-0.3, -0.25) is 0 Å². The molecule has 0 saturated carbocycles. The largest absolute Gasteiger partial charge is 0.314 e. The van der Waals surface area contributed by atoms with Gasteiger partial charge in [0.1, 0.15) is 0 Å². The predicted octanol–water partition coefficient (Wildman–Crippen LogP) is 6.47. The van der Waals surface area contributed by atoms with Crippen LogP contribution in [0.4, 0.5) is 0 Å². The Morgan fingerprint density at radius 2 is 1.00 bits per heavy atom. The van der Waals surface area contributed by atoms with Crippen molar-refractivity contribution in [3.63, 3.8) is 0 Å². The molecule has 20 heavy (non-hydrogen) atoms. The van der Waals surface area contributed by atoms with Crippen LogP contribution in [0.15, 0.2) is 0 Å². The summed E-state index contributed by atoms with van der Waals surface area (Å²) >= 11 is 0. The first-order valence-electron chi connectivity index (χ1n) is 9.58. The number of hydrogen-bond donors (Lipinski definition) is 1. The highest BCUT2D eigenvalue weighted by Gasteiger charge is 2.07. The third-order valence-corrected chi connectivity index (χ3v) is 4.28. The van der Waals surface area contributed by atoms with E-state index in [0.717, 1.165) is 6.04 Å². The molecule has 0 saturated heterocycles. The molecule has 0 aromatic carbocycles. The van der Waals surface area contributed by atoms with Gasteiger partial charge in [0.25, 0.3) is 0 Å². The van der Waals surface area contributed by atoms with Gasteiger partial charge in [-0.15, -0.1) is 0 Å². The topological polar surface area (TPSA) is 12.0 Å². The van der Waals surface area contributed by atoms with E-state index >= 15 is 0 Å². The smallest absolute Gasteiger partial charge is 0.00670 e. The van der Waals surface area contributed by atoms with Gasteiger partial charge in [0.15, 0.2) is 0 Å². The molecule has 122 valence electrons. The normalized spacial score (nSPS) is 12.8. The maximum Gasteiger partial charge on any atom is 0.00670 e. The fraction of sp³-hybridized carbons (Fsp3) is 1.00. The molecule has 0 radical (unpaired) electrons. The summed E-state index contributed by atoms with van der Waals surface area (Å²) in [5, 5.41) is 3.82. The van der Waals surface area contributed by atoms with Crippen molar-refractivity contribution in [2.75, 3.05) is 6.54 Å². The van der Waals surface area contributed by atoms with Crippen LogP contribution in [0.2, 0.25) is 0 Å². The fourth-order valence-electron chi connectivity index (χ4n) is 2.84. The zero-order valence-electron chi connectivity index (χ0n) is 14.7. The molecule has 0 aromatic heterocycles. The average Bonchev–Trinajstić information content (AvgIpc) is 2.47. The monoisotopic (exact) mass is 283 g/mol. The Morgan fingerprint density at radius 1 is 0.550 bits per heavy atom. The lowest BCUT2D eigenvalue weighted by molar-refractivity contribution is 0.409. The Labute approximate surface area is 129 Å². The Hall–Kier alpha value is -0.0400. The highest BCUT2D eigenvalue weighted by molar-refractivity contribution is 4.67. The van der Waals surface area contributed by atoms with Crippen molar-refractivity contribution in [1.82, 2.24) is 5.32 Å². The van der Waals surface area contributed by atoms with Gasteiger partial charge in [0.2, 0.25) is 0 Å². The Morgan fingerprint density at radius 3 is 1.55 bits per heavy atom. The molecule has 0 aliphatic carbocycles. The van der Waals surface area contributed by atoms with E-state index in [1.54, 1.807) is 0 Å². The number of rotatable bonds is 16. The van der Waals surface area contributed by atoms with Crippen LogP contribution >= 0.6 is 0 Å². The predicted molar refractivity (Wildman–Crippen MR) is 93.5 cm³/mol. The van der Waals surface area contributed by atoms with Gasteiger partial charge >= 0.3 is 0 Å². The number of hydrogen-bond acceptors (Lipinski definition) is 1. The maximum absolute atomic E-state index is 3.82. The van der Waals surface area contributed by atoms with Crippen LogP contribution in [0.1, 0.15) is 111 Å². The van der Waals surface area contributed by atoms with E-state index in [9.17, 15) is 0 Å². The third kappa shape index (κ3) is 14.4. The molecule has 0 fully saturated rings. The summed E-state index contributed by atoms with van der Waals surface area (Å²) in [7, 11) is 0. The fourth-order valence-corrected chi connectivity index (χ4v) is 2.84. The first-order valence-corrected chi connectivity index (χ1v) is 9.58. The van der Waals surface area contributed by atoms with Crippen molar-refractivity contribution < 1.29 is 0 Å². The zero-order valence-corrected chi connectivity index (χ0v) is 14.7. The number of nitrogens with one attached hydrogen (secondary N) is 1. The van der Waals surface area contributed by atoms with Gasteiger partial charge in [-0.25, -0.2) is 0 Å². The Balaban J connectivity index is 3.67. The second-order valence-corrected chi connectivity index (χ2v) is 6.41. The van der Waals surface area contributed by atoms with Gasteiger partial charge in [0.05, 0.1) is 0 Å². The summed E-state index contributed by atoms with van der Waals surface area (Å²) < 4.78 is 0. The van der Waals surface area contributed by atoms with Crippen molar-refractivity contribution in [1.29, 1.82) is 0 Å². The molecular weight excluding hydrogens is 242 g/mol. The van der Waals surface area contributed by atoms with E-state index in [1.165, 1.54) is 96.4 Å². The molecule has 0 amide bonds. The van der Waals surface area contributed by atoms with Gasteiger partial charge in [-0.05, 0) is 25.8 Å². The van der Waals surface area contributed by atoms with Crippen molar-refractivity contribution in [3.05, 3.63) is 0 Å². The van der Waals surface area contributed by atoms with Crippen LogP contribution in [0, 0.1) is 0 Å². The van der Waals surface area contributed by atoms with Crippen LogP contribution in [-0.4, -0.2) is 12.6 Å². The summed E-state index contributed by atoms with van der Waals surface area (Å²) in [4.78, 5) is 0. The van der Waals surface area contributed by atoms with E-state index in [0.29, 0.717) is 0 Å². The molecule has 1 nitrogen and oxygen atoms in total. The van der Waals surface area contributed by atoms with E-state index in [1.807, 2.05) is 0 Å². The lowest BCUT2D eigenvalue weighted by Crippen LogP contribution is -2.30. The van der Waals surface area contributed by atoms with Crippen LogP contribution in [0.25, 0.3) is 0 Å². The first-order chi connectivity index (χ1) is 9.85. The third-order valence-electron chi connectivity index (χ3n) is 4.28. The Bertz CT molecular complexity index is 155. The summed E-state index contributed by atoms with van der Waals surface area (Å²) in [6.07, 6.45) is 19.6. The quantitative estimate of drug-likeness (QED) is 0.320. The second kappa shape index (κ2) is 17.0. The average molecular weight is 284 g/mol. The van der Waals surface area contributed by atoms with Gasteiger partial charge < -0.3 is 5.32 Å². The highest BCUT2D eigenvalue weighted by Crippen LogP contribution is 2.13. The van der Waals surface area contributed by atoms with Crippen LogP contribution in [-0.2, 0) is 0 Å². The first kappa shape index (κ1) is 20.0. The molecule has 0 heterocycles. The maximum atomic E-state index is 3.82. The Kier molecular flexibility index (Phi) is 17.0. The lowest BCUT2D eigenvalue weighted by atomic mass is 10.0. The molecule has 0 bridgehead atoms. The molecule has 0 spiro atoms. The molecule has 0 aliphatic heterocycles. The molecule has 0 rings (SSSR count). The van der Waals surface area contributed by atoms with Crippen molar-refractivity contribution >= 4 is 0 Å². The molecule has 0 aromatic rings. The molecular formula is C19H41N. The summed E-state index contributed by atoms with van der Waals surface area (Å²) in [5.41, 5.74) is 0. The van der Waals surface area contributed by atoms with Crippen LogP contribution in [0.5, 0.6) is 0 Å². The van der Waals surface area contributed by atoms with Gasteiger partial charge in [-0.2, -0.15) is 0 Å². The van der Waals surface area contributed by atoms with Gasteiger partial charge in [0, 0.05) is 6.04 Å². The van der Waals surface area contributed by atoms with E-state index in [-0.39, 0.29) is 0 Å². The van der Waals surface area contributed by atoms with Gasteiger partial charge in [-0.1, -0.05) is 91.4 Å². The highest BCUT2D eigenvalue weighted by atomic mass is 14.9. The van der Waals surface area contributed by atoms with Crippen LogP contribution < -0.4 is 5.32 Å². The van der Waals surface area contributed by atoms with E-state index in [2.05, 4.69) is 26.1 Å².